The number of carbonyl (C=O) groups excluding carboxylic acids is 4. The minimum absolute atomic E-state index is 0.0200. The highest BCUT2D eigenvalue weighted by Gasteiger charge is 2.62. The lowest BCUT2D eigenvalue weighted by Gasteiger charge is -2.30. The van der Waals surface area contributed by atoms with Crippen molar-refractivity contribution in [3.63, 3.8) is 0 Å². The van der Waals surface area contributed by atoms with Gasteiger partial charge in [-0.15, -0.1) is 0 Å². The highest BCUT2D eigenvalue weighted by atomic mass is 79.9. The molecule has 1 aromatic carbocycles. The maximum absolute atomic E-state index is 14.7. The fourth-order valence-electron chi connectivity index (χ4n) is 8.40. The summed E-state index contributed by atoms with van der Waals surface area (Å²) in [6.45, 7) is 2.68. The molecule has 4 heterocycles. The fourth-order valence-corrected chi connectivity index (χ4v) is 10.2. The maximum atomic E-state index is 14.7. The predicted octanol–water partition coefficient (Wildman–Crippen LogP) is 3.88. The zero-order valence-corrected chi connectivity index (χ0v) is 35.8. The van der Waals surface area contributed by atoms with Crippen LogP contribution in [0.25, 0.3) is 10.9 Å². The van der Waals surface area contributed by atoms with Crippen LogP contribution in [0.3, 0.4) is 0 Å². The number of nitrogens with one attached hydrogen (secondary N) is 3. The molecule has 3 aliphatic heterocycles. The van der Waals surface area contributed by atoms with E-state index in [1.165, 1.54) is 4.90 Å². The van der Waals surface area contributed by atoms with Crippen LogP contribution in [0.2, 0.25) is 0 Å². The lowest BCUT2D eigenvalue weighted by molar-refractivity contribution is -0.141. The molecule has 17 nitrogen and oxygen atoms in total. The van der Waals surface area contributed by atoms with Crippen LogP contribution in [0, 0.1) is 5.92 Å². The van der Waals surface area contributed by atoms with Crippen LogP contribution in [-0.4, -0.2) is 123 Å². The van der Waals surface area contributed by atoms with Crippen molar-refractivity contribution in [2.75, 3.05) is 46.6 Å². The first-order valence-corrected chi connectivity index (χ1v) is 22.8. The highest BCUT2D eigenvalue weighted by molar-refractivity contribution is 9.10. The van der Waals surface area contributed by atoms with Gasteiger partial charge in [0, 0.05) is 36.9 Å². The zero-order valence-electron chi connectivity index (χ0n) is 33.4. The Hall–Kier alpha value is -4.20. The van der Waals surface area contributed by atoms with Crippen molar-refractivity contribution in [3.05, 3.63) is 34.8 Å². The fraction of sp³-hybridized carbons (Fsp3) is 0.625. The van der Waals surface area contributed by atoms with Crippen molar-refractivity contribution in [2.45, 2.75) is 107 Å². The number of hydrogen-bond acceptors (Lipinski definition) is 12. The number of nitrogens with zero attached hydrogens (tertiary/aromatic N) is 3. The van der Waals surface area contributed by atoms with Crippen LogP contribution in [0.15, 0.2) is 34.8 Å². The molecule has 0 bridgehead atoms. The summed E-state index contributed by atoms with van der Waals surface area (Å²) in [4.78, 5) is 62.6. The average molecular weight is 906 g/mol. The molecule has 5 atom stereocenters. The summed E-state index contributed by atoms with van der Waals surface area (Å²) in [6.07, 6.45) is 8.93. The van der Waals surface area contributed by atoms with Crippen molar-refractivity contribution in [3.8, 4) is 17.4 Å². The minimum Gasteiger partial charge on any atom is -0.495 e. The Morgan fingerprint density at radius 3 is 2.56 bits per heavy atom. The number of ether oxygens (including phenoxy) is 5. The Bertz CT molecular complexity index is 2040. The van der Waals surface area contributed by atoms with E-state index in [1.807, 2.05) is 19.1 Å². The number of rotatable bonds is 10. The zero-order chi connectivity index (χ0) is 41.7. The van der Waals surface area contributed by atoms with Gasteiger partial charge in [0.25, 0.3) is 5.91 Å². The molecule has 1 aromatic heterocycles. The van der Waals surface area contributed by atoms with Gasteiger partial charge in [-0.1, -0.05) is 25.0 Å². The van der Waals surface area contributed by atoms with Crippen molar-refractivity contribution < 1.29 is 51.3 Å². The topological polar surface area (TPSA) is 204 Å². The molecule has 2 saturated heterocycles. The molecule has 2 aliphatic carbocycles. The second kappa shape index (κ2) is 18.6. The van der Waals surface area contributed by atoms with Gasteiger partial charge in [0.1, 0.15) is 41.3 Å². The van der Waals surface area contributed by atoms with Crippen molar-refractivity contribution >= 4 is 60.9 Å². The van der Waals surface area contributed by atoms with Crippen LogP contribution in [-0.2, 0) is 34.1 Å². The number of amides is 4. The van der Waals surface area contributed by atoms with Gasteiger partial charge in [-0.3, -0.25) is 14.4 Å². The first-order chi connectivity index (χ1) is 28.4. The van der Waals surface area contributed by atoms with Gasteiger partial charge in [-0.05, 0) is 86.4 Å². The number of hydrogen-bond donors (Lipinski definition) is 3. The SMILES string of the molecule is CCOc1cc(O[C@@H]2C[C@H]3C(=O)N[C@]4(C(=O)NS(=O)(=O)N5CCOCC5)C[C@H]4/C=C\CCCCC[C@H](NC(=O)OC4CCCC4)C(=O)N3C2)c2ccc(OC)c(Br)c2n1. The third kappa shape index (κ3) is 9.73. The molecule has 59 heavy (non-hydrogen) atoms. The number of halogens is 1. The predicted molar refractivity (Wildman–Crippen MR) is 218 cm³/mol. The number of aromatic nitrogens is 1. The van der Waals surface area contributed by atoms with Crippen LogP contribution < -0.4 is 29.6 Å². The monoisotopic (exact) mass is 904 g/mol. The first kappa shape index (κ1) is 42.9. The molecule has 4 amide bonds. The summed E-state index contributed by atoms with van der Waals surface area (Å²) in [5.41, 5.74) is -1.06. The summed E-state index contributed by atoms with van der Waals surface area (Å²) in [5, 5.41) is 6.34. The lowest BCUT2D eigenvalue weighted by Crippen LogP contribution is -2.59. The Kier molecular flexibility index (Phi) is 13.5. The van der Waals surface area contributed by atoms with Crippen molar-refractivity contribution in [1.29, 1.82) is 0 Å². The third-order valence-electron chi connectivity index (χ3n) is 11.7. The van der Waals surface area contributed by atoms with E-state index in [0.29, 0.717) is 58.6 Å². The summed E-state index contributed by atoms with van der Waals surface area (Å²) in [6, 6.07) is 3.07. The molecular formula is C40H53BrN6O11S. The number of alkyl carbamates (subject to hydrolysis) is 1. The molecular weight excluding hydrogens is 852 g/mol. The summed E-state index contributed by atoms with van der Waals surface area (Å²) >= 11 is 3.59. The molecule has 3 N–H and O–H groups in total. The minimum atomic E-state index is -4.24. The quantitative estimate of drug-likeness (QED) is 0.291. The van der Waals surface area contributed by atoms with Crippen LogP contribution in [0.4, 0.5) is 4.79 Å². The van der Waals surface area contributed by atoms with Gasteiger partial charge >= 0.3 is 16.3 Å². The Labute approximate surface area is 352 Å². The van der Waals surface area contributed by atoms with Crippen molar-refractivity contribution in [1.82, 2.24) is 29.5 Å². The summed E-state index contributed by atoms with van der Waals surface area (Å²) in [5.74, 6) is -1.24. The maximum Gasteiger partial charge on any atom is 0.408 e. The van der Waals surface area contributed by atoms with Gasteiger partial charge in [-0.2, -0.15) is 12.7 Å². The van der Waals surface area contributed by atoms with Gasteiger partial charge in [0.2, 0.25) is 17.7 Å². The van der Waals surface area contributed by atoms with Gasteiger partial charge < -0.3 is 39.2 Å². The van der Waals surface area contributed by atoms with Gasteiger partial charge in [0.05, 0.1) is 43.5 Å². The van der Waals surface area contributed by atoms with E-state index < -0.39 is 63.7 Å². The molecule has 4 fully saturated rings. The number of benzene rings is 1. The van der Waals surface area contributed by atoms with E-state index in [2.05, 4.69) is 36.3 Å². The molecule has 0 radical (unpaired) electrons. The van der Waals surface area contributed by atoms with Crippen LogP contribution in [0.5, 0.6) is 17.4 Å². The second-order valence-corrected chi connectivity index (χ2v) is 18.1. The van der Waals surface area contributed by atoms with E-state index in [1.54, 1.807) is 25.3 Å². The largest absolute Gasteiger partial charge is 0.495 e. The molecule has 0 unspecified atom stereocenters. The van der Waals surface area contributed by atoms with E-state index in [-0.39, 0.29) is 51.8 Å². The van der Waals surface area contributed by atoms with Gasteiger partial charge in [-0.25, -0.2) is 14.5 Å². The number of fused-ring (bicyclic) bond motifs is 3. The van der Waals surface area contributed by atoms with E-state index in [4.69, 9.17) is 23.7 Å². The number of morpholine rings is 1. The second-order valence-electron chi connectivity index (χ2n) is 15.6. The summed E-state index contributed by atoms with van der Waals surface area (Å²) in [7, 11) is -2.70. The molecule has 0 spiro atoms. The number of methoxy groups -OCH3 is 1. The number of carbonyl (C=O) groups is 4. The molecule has 7 rings (SSSR count). The van der Waals surface area contributed by atoms with E-state index >= 15 is 0 Å². The number of allylic oxidation sites excluding steroid dienone is 1. The lowest BCUT2D eigenvalue weighted by atomic mass is 10.0. The molecule has 5 aliphatic rings. The number of pyridine rings is 1. The van der Waals surface area contributed by atoms with E-state index in [0.717, 1.165) is 42.8 Å². The van der Waals surface area contributed by atoms with E-state index in [9.17, 15) is 27.6 Å². The Balaban J connectivity index is 1.20. The highest BCUT2D eigenvalue weighted by Crippen LogP contribution is 2.46. The molecule has 322 valence electrons. The average Bonchev–Trinajstić information content (AvgIpc) is 3.48. The van der Waals surface area contributed by atoms with Gasteiger partial charge in [0.15, 0.2) is 0 Å². The van der Waals surface area contributed by atoms with Crippen LogP contribution in [0.1, 0.15) is 77.6 Å². The smallest absolute Gasteiger partial charge is 0.408 e. The van der Waals surface area contributed by atoms with Crippen molar-refractivity contribution in [2.24, 2.45) is 5.92 Å². The Morgan fingerprint density at radius 1 is 1.05 bits per heavy atom. The van der Waals surface area contributed by atoms with Crippen LogP contribution >= 0.6 is 15.9 Å². The molecule has 2 aromatic rings. The normalized spacial score (nSPS) is 27.7. The Morgan fingerprint density at radius 2 is 1.81 bits per heavy atom. The molecule has 19 heteroatoms. The standard InChI is InChI=1S/C40H53BrN6O11S/c1-3-56-33-22-32(28-15-16-31(54-2)34(41)35(28)43-33)57-27-21-30-36(48)44-40(38(50)45-59(52,53)46-17-19-55-20-18-46)23-25(40)11-7-5-4-6-8-14-29(37(49)47(30)24-27)42-39(51)58-26-12-9-10-13-26/h7,11,15-16,22,25-27,29-30H,3-6,8-10,12-14,17-21,23-24H2,1-2H3,(H,42,51)(H,44,48)(H,45,50)/b11-7-/t25-,27-,29+,30+,40-/m1/s1. The summed E-state index contributed by atoms with van der Waals surface area (Å²) < 4.78 is 59.5. The molecule has 2 saturated carbocycles. The first-order valence-electron chi connectivity index (χ1n) is 20.6. The third-order valence-corrected chi connectivity index (χ3v) is 13.9.